The average molecular weight is 619 g/mol. The van der Waals surface area contributed by atoms with Crippen LogP contribution in [-0.2, 0) is 31.0 Å². The summed E-state index contributed by atoms with van der Waals surface area (Å²) in [5, 5.41) is 4.22. The lowest BCUT2D eigenvalue weighted by Gasteiger charge is -2.32. The van der Waals surface area contributed by atoms with Crippen LogP contribution < -0.4 is 19.7 Å². The Morgan fingerprint density at radius 3 is 1.82 bits per heavy atom. The molecule has 6 nitrogen and oxygen atoms in total. The number of carbonyl (C=O) groups is 1. The highest BCUT2D eigenvalue weighted by Gasteiger charge is 2.28. The number of halogens is 1. The van der Waals surface area contributed by atoms with Crippen molar-refractivity contribution in [3.63, 3.8) is 0 Å². The fraction of sp³-hybridized carbons (Fsp3) is 0.184. The van der Waals surface area contributed by atoms with Crippen molar-refractivity contribution in [1.29, 1.82) is 0 Å². The number of ether oxygens (including phenoxy) is 3. The number of fused-ring (bicyclic) bond motifs is 1. The molecule has 228 valence electrons. The highest BCUT2D eigenvalue weighted by Crippen LogP contribution is 2.37. The third-order valence-electron chi connectivity index (χ3n) is 7.77. The zero-order valence-electron chi connectivity index (χ0n) is 24.9. The predicted molar refractivity (Wildman–Crippen MR) is 178 cm³/mol. The number of rotatable bonds is 11. The largest absolute Gasteiger partial charge is 0.485 e. The molecule has 1 N–H and O–H groups in total. The Hall–Kier alpha value is -4.78. The number of hydrogen-bond donors (Lipinski definition) is 1. The highest BCUT2D eigenvalue weighted by atomic mass is 35.5. The van der Waals surface area contributed by atoms with Gasteiger partial charge in [0.05, 0.1) is 6.04 Å². The van der Waals surface area contributed by atoms with Gasteiger partial charge in [0.2, 0.25) is 0 Å². The molecule has 5 aromatic rings. The summed E-state index contributed by atoms with van der Waals surface area (Å²) in [5.41, 5.74) is 5.99. The monoisotopic (exact) mass is 618 g/mol. The van der Waals surface area contributed by atoms with Crippen molar-refractivity contribution in [3.8, 4) is 11.5 Å². The summed E-state index contributed by atoms with van der Waals surface area (Å²) in [6.45, 7) is 2.12. The minimum Gasteiger partial charge on any atom is -0.485 e. The van der Waals surface area contributed by atoms with Crippen molar-refractivity contribution in [1.82, 2.24) is 5.32 Å². The number of carbonyl (C=O) groups excluding carboxylic acids is 1. The van der Waals surface area contributed by atoms with Crippen LogP contribution >= 0.6 is 11.6 Å². The van der Waals surface area contributed by atoms with Crippen molar-refractivity contribution in [3.05, 3.63) is 160 Å². The van der Waals surface area contributed by atoms with Crippen LogP contribution in [0, 0.1) is 0 Å². The van der Waals surface area contributed by atoms with E-state index in [1.54, 1.807) is 17.0 Å². The van der Waals surface area contributed by atoms with Gasteiger partial charge in [0.25, 0.3) is 0 Å². The van der Waals surface area contributed by atoms with Crippen molar-refractivity contribution < 1.29 is 19.0 Å². The van der Waals surface area contributed by atoms with E-state index in [1.165, 1.54) is 0 Å². The second-order valence-corrected chi connectivity index (χ2v) is 11.4. The van der Waals surface area contributed by atoms with Crippen LogP contribution in [0.15, 0.2) is 127 Å². The fourth-order valence-electron chi connectivity index (χ4n) is 5.40. The van der Waals surface area contributed by atoms with Crippen molar-refractivity contribution in [2.24, 2.45) is 0 Å². The SMILES string of the molecule is O=C(OCc1ccccc1)N(CC1NCCc2cc(OCc3ccccc3)c(OCc3ccccc3)cc21)c1ccc(Cl)cc1. The molecule has 0 aliphatic carbocycles. The molecule has 1 atom stereocenters. The zero-order valence-corrected chi connectivity index (χ0v) is 25.7. The molecule has 0 bridgehead atoms. The molecular weight excluding hydrogens is 584 g/mol. The van der Waals surface area contributed by atoms with Crippen LogP contribution in [0.3, 0.4) is 0 Å². The normalized spacial score (nSPS) is 13.8. The maximum atomic E-state index is 13.6. The van der Waals surface area contributed by atoms with Crippen LogP contribution in [0.4, 0.5) is 10.5 Å². The Morgan fingerprint density at radius 1 is 0.711 bits per heavy atom. The molecule has 0 saturated heterocycles. The molecule has 0 saturated carbocycles. The van der Waals surface area contributed by atoms with E-state index >= 15 is 0 Å². The quantitative estimate of drug-likeness (QED) is 0.161. The molecule has 45 heavy (non-hydrogen) atoms. The second-order valence-electron chi connectivity index (χ2n) is 10.9. The highest BCUT2D eigenvalue weighted by molar-refractivity contribution is 6.30. The van der Waals surface area contributed by atoms with E-state index in [2.05, 4.69) is 17.4 Å². The molecule has 1 aliphatic heterocycles. The summed E-state index contributed by atoms with van der Waals surface area (Å²) < 4.78 is 18.5. The topological polar surface area (TPSA) is 60.0 Å². The molecule has 0 aromatic heterocycles. The van der Waals surface area contributed by atoms with Gasteiger partial charge in [-0.1, -0.05) is 103 Å². The lowest BCUT2D eigenvalue weighted by atomic mass is 9.93. The number of nitrogens with one attached hydrogen (secondary N) is 1. The Kier molecular flexibility index (Phi) is 9.95. The van der Waals surface area contributed by atoms with Gasteiger partial charge >= 0.3 is 6.09 Å². The van der Waals surface area contributed by atoms with Crippen LogP contribution in [0.5, 0.6) is 11.5 Å². The molecule has 0 fully saturated rings. The van der Waals surface area contributed by atoms with Crippen molar-refractivity contribution >= 4 is 23.4 Å². The summed E-state index contributed by atoms with van der Waals surface area (Å²) >= 11 is 6.19. The molecule has 7 heteroatoms. The molecule has 0 radical (unpaired) electrons. The van der Waals surface area contributed by atoms with E-state index in [-0.39, 0.29) is 12.6 Å². The maximum absolute atomic E-state index is 13.6. The van der Waals surface area contributed by atoms with E-state index in [0.29, 0.717) is 42.0 Å². The first kappa shape index (κ1) is 30.3. The van der Waals surface area contributed by atoms with Gasteiger partial charge in [0.15, 0.2) is 11.5 Å². The number of benzene rings is 5. The van der Waals surface area contributed by atoms with Gasteiger partial charge in [0.1, 0.15) is 19.8 Å². The van der Waals surface area contributed by atoms with Crippen LogP contribution in [0.2, 0.25) is 5.02 Å². The molecule has 0 spiro atoms. The summed E-state index contributed by atoms with van der Waals surface area (Å²) in [4.78, 5) is 15.2. The van der Waals surface area contributed by atoms with Crippen LogP contribution in [-0.4, -0.2) is 19.2 Å². The molecule has 6 rings (SSSR count). The van der Waals surface area contributed by atoms with Gasteiger partial charge in [-0.3, -0.25) is 4.90 Å². The molecule has 1 unspecified atom stereocenters. The predicted octanol–water partition coefficient (Wildman–Crippen LogP) is 8.53. The van der Waals surface area contributed by atoms with Gasteiger partial charge in [-0.25, -0.2) is 4.79 Å². The van der Waals surface area contributed by atoms with Crippen molar-refractivity contribution in [2.75, 3.05) is 18.0 Å². The van der Waals surface area contributed by atoms with Gasteiger partial charge in [-0.05, 0) is 77.2 Å². The summed E-state index contributed by atoms with van der Waals surface area (Å²) in [6.07, 6.45) is 0.393. The van der Waals surface area contributed by atoms with E-state index in [1.807, 2.05) is 103 Å². The standard InChI is InChI=1S/C38H35ClN2O4/c39-32-16-18-33(19-17-32)41(38(42)45-27-30-14-8-3-9-15-30)24-35-34-23-37(44-26-29-12-6-2-7-13-29)36(22-31(34)20-21-40-35)43-25-28-10-4-1-5-11-28/h1-19,22-23,35,40H,20-21,24-27H2. The zero-order chi connectivity index (χ0) is 30.8. The van der Waals surface area contributed by atoms with Crippen LogP contribution in [0.1, 0.15) is 33.9 Å². The van der Waals surface area contributed by atoms with Crippen molar-refractivity contribution in [2.45, 2.75) is 32.3 Å². The minimum atomic E-state index is -0.432. The lowest BCUT2D eigenvalue weighted by molar-refractivity contribution is 0.146. The summed E-state index contributed by atoms with van der Waals surface area (Å²) in [6, 6.07) is 41.1. The lowest BCUT2D eigenvalue weighted by Crippen LogP contribution is -2.42. The minimum absolute atomic E-state index is 0.170. The Bertz CT molecular complexity index is 1680. The first-order valence-corrected chi connectivity index (χ1v) is 15.5. The Balaban J connectivity index is 1.28. The number of anilines is 1. The van der Waals surface area contributed by atoms with Gasteiger partial charge in [0, 0.05) is 17.3 Å². The van der Waals surface area contributed by atoms with Gasteiger partial charge in [-0.15, -0.1) is 0 Å². The smallest absolute Gasteiger partial charge is 0.414 e. The maximum Gasteiger partial charge on any atom is 0.414 e. The molecule has 1 aliphatic rings. The van der Waals surface area contributed by atoms with E-state index < -0.39 is 6.09 Å². The van der Waals surface area contributed by atoms with E-state index in [9.17, 15) is 4.79 Å². The first-order valence-electron chi connectivity index (χ1n) is 15.1. The van der Waals surface area contributed by atoms with E-state index in [0.717, 1.165) is 40.8 Å². The summed E-state index contributed by atoms with van der Waals surface area (Å²) in [5.74, 6) is 1.36. The van der Waals surface area contributed by atoms with Crippen LogP contribution in [0.25, 0.3) is 0 Å². The fourth-order valence-corrected chi connectivity index (χ4v) is 5.52. The second kappa shape index (κ2) is 14.8. The van der Waals surface area contributed by atoms with Gasteiger partial charge < -0.3 is 19.5 Å². The third-order valence-corrected chi connectivity index (χ3v) is 8.02. The summed E-state index contributed by atoms with van der Waals surface area (Å²) in [7, 11) is 0. The molecular formula is C38H35ClN2O4. The first-order chi connectivity index (χ1) is 22.1. The van der Waals surface area contributed by atoms with Gasteiger partial charge in [-0.2, -0.15) is 0 Å². The molecule has 5 aromatic carbocycles. The number of nitrogens with zero attached hydrogens (tertiary/aromatic N) is 1. The molecule has 1 heterocycles. The Morgan fingerprint density at radius 2 is 1.24 bits per heavy atom. The Labute approximate surface area is 269 Å². The third kappa shape index (κ3) is 8.04. The number of hydrogen-bond acceptors (Lipinski definition) is 5. The van der Waals surface area contributed by atoms with E-state index in [4.69, 9.17) is 25.8 Å². The molecule has 1 amide bonds. The average Bonchev–Trinajstić information content (AvgIpc) is 3.09. The number of amides is 1.